The van der Waals surface area contributed by atoms with E-state index in [0.717, 1.165) is 27.8 Å². The van der Waals surface area contributed by atoms with E-state index in [4.69, 9.17) is 94.5 Å². The average Bonchev–Trinajstić information content (AvgIpc) is 1.61. The fourth-order valence-corrected chi connectivity index (χ4v) is 15.7. The Hall–Kier alpha value is -12.1. The molecule has 6 aliphatic heterocycles. The molecular weight excluding hydrogens is 1630 g/mol. The Kier molecular flexibility index (Phi) is 27.9. The van der Waals surface area contributed by atoms with E-state index in [1.807, 2.05) is 145 Å². The Morgan fingerprint density at radius 2 is 0.678 bits per heavy atom. The van der Waals surface area contributed by atoms with Gasteiger partial charge in [-0.2, -0.15) is 0 Å². The zero-order valence-corrected chi connectivity index (χ0v) is 71.4. The summed E-state index contributed by atoms with van der Waals surface area (Å²) in [5, 5.41) is 10.6. The summed E-state index contributed by atoms with van der Waals surface area (Å²) in [6.45, 7) is 13.5. The van der Waals surface area contributed by atoms with Crippen LogP contribution in [0.2, 0.25) is 20.1 Å². The largest absolute Gasteiger partial charge is 0.497 e. The molecule has 30 heteroatoms. The first-order valence-electron chi connectivity index (χ1n) is 39.5. The van der Waals surface area contributed by atoms with Gasteiger partial charge in [-0.05, 0) is 184 Å². The third-order valence-electron chi connectivity index (χ3n) is 20.6. The third kappa shape index (κ3) is 20.2. The number of urea groups is 3. The molecule has 9 aromatic rings. The number of nitrogens with one attached hydrogen (secondary N) is 3. The minimum absolute atomic E-state index is 0.0439. The van der Waals surface area contributed by atoms with Crippen molar-refractivity contribution in [3.05, 3.63) is 276 Å². The lowest BCUT2D eigenvalue weighted by atomic mass is 9.93. The number of ether oxygens (including phenoxy) is 7. The molecule has 0 saturated carbocycles. The summed E-state index contributed by atoms with van der Waals surface area (Å²) >= 11 is 25.1. The Morgan fingerprint density at radius 1 is 0.364 bits per heavy atom. The molecule has 6 atom stereocenters. The lowest BCUT2D eigenvalue weighted by Crippen LogP contribution is -2.55. The van der Waals surface area contributed by atoms with Crippen molar-refractivity contribution < 1.29 is 66.3 Å². The second-order valence-corrected chi connectivity index (χ2v) is 31.7. The SMILES string of the molecule is COc1ccc(C2=N[C@@H](c3ccc(Cl)cc3)[C@@H](c3cccc(F)c3)N2C(=O)N2CCNC(=O)C2)c(OC(C)C)c1.COc1ccc(C2=N[C@@H](c3cccc(Cl)c3)[C@@H](c3ccc(Cl)cc3)N2C(=O)N2CCNC(=O)C2)c(OC(C)C)c1.COc1cccc([C@@H]2N=C(c3ccc(OC)cc3OC(C)C)N(C(=O)N3CCNC(=O)C3)[C@@H]2c2ccc(Cl)cc2)c1. The average molecular weight is 1720 g/mol. The van der Waals surface area contributed by atoms with Crippen LogP contribution in [-0.2, 0) is 14.4 Å². The van der Waals surface area contributed by atoms with Crippen molar-refractivity contribution in [1.29, 1.82) is 0 Å². The van der Waals surface area contributed by atoms with Crippen LogP contribution in [0.3, 0.4) is 0 Å². The molecule has 15 rings (SSSR count). The number of carbonyl (C=O) groups is 6. The molecule has 0 spiro atoms. The fourth-order valence-electron chi connectivity index (χ4n) is 15.2. The molecule has 0 unspecified atom stereocenters. The predicted octanol–water partition coefficient (Wildman–Crippen LogP) is 16.5. The van der Waals surface area contributed by atoms with Gasteiger partial charge in [-0.1, -0.05) is 119 Å². The molecule has 6 aliphatic rings. The monoisotopic (exact) mass is 1720 g/mol. The van der Waals surface area contributed by atoms with Crippen molar-refractivity contribution in [2.75, 3.05) is 87.3 Å². The first-order valence-corrected chi connectivity index (χ1v) is 41.0. The van der Waals surface area contributed by atoms with Gasteiger partial charge in [-0.15, -0.1) is 0 Å². The number of methoxy groups -OCH3 is 4. The number of hydrogen-bond acceptors (Lipinski definition) is 16. The van der Waals surface area contributed by atoms with Gasteiger partial charge in [-0.25, -0.2) is 18.8 Å². The molecule has 3 saturated heterocycles. The number of halogens is 5. The summed E-state index contributed by atoms with van der Waals surface area (Å²) in [5.41, 5.74) is 6.59. The van der Waals surface area contributed by atoms with E-state index in [1.165, 1.54) is 17.0 Å². The van der Waals surface area contributed by atoms with Gasteiger partial charge in [0.25, 0.3) is 0 Å². The molecule has 6 heterocycles. The fraction of sp³-hybridized carbons (Fsp3) is 0.308. The maximum absolute atomic E-state index is 14.6. The van der Waals surface area contributed by atoms with Crippen molar-refractivity contribution in [1.82, 2.24) is 45.3 Å². The summed E-state index contributed by atoms with van der Waals surface area (Å²) in [5.74, 6) is 4.17. The third-order valence-corrected chi connectivity index (χ3v) is 21.6. The van der Waals surface area contributed by atoms with Gasteiger partial charge in [-0.3, -0.25) is 44.1 Å². The first kappa shape index (κ1) is 86.7. The summed E-state index contributed by atoms with van der Waals surface area (Å²) in [6, 6.07) is 55.1. The number of hydrogen-bond donors (Lipinski definition) is 3. The normalized spacial score (nSPS) is 18.9. The number of piperazine rings is 3. The van der Waals surface area contributed by atoms with Gasteiger partial charge >= 0.3 is 18.1 Å². The molecule has 630 valence electrons. The quantitative estimate of drug-likeness (QED) is 0.0681. The summed E-state index contributed by atoms with van der Waals surface area (Å²) in [4.78, 5) is 105. The first-order chi connectivity index (χ1) is 58.3. The molecule has 0 aliphatic carbocycles. The van der Waals surface area contributed by atoms with Crippen LogP contribution in [0.1, 0.15) is 128 Å². The van der Waals surface area contributed by atoms with Gasteiger partial charge < -0.3 is 63.8 Å². The molecule has 9 aromatic carbocycles. The smallest absolute Gasteiger partial charge is 0.326 e. The standard InChI is InChI=1S/C31H33ClN4O5.C30H30Cl2N4O4.C30H30ClFN4O4/c1-19(2)41-26-17-24(40-4)12-13-25(26)30-34-28(21-6-5-7-23(16-21)39-3)29(20-8-10-22(32)11-9-20)36(30)31(38)35-15-14-33-27(37)18-35;1-18(2)40-25-16-23(39-3)11-12-24(25)29-34-27(20-5-4-6-22(32)15-20)28(19-7-9-21(31)10-8-19)36(29)30(38)35-14-13-33-26(37)17-35;1-18(2)40-25-16-23(39-3)11-12-24(25)29-34-27(19-7-9-21(31)10-8-19)28(20-5-4-6-22(32)15-20)36(29)30(38)35-14-13-33-26(37)17-35/h5-13,16-17,19,28-29H,14-15,18H2,1-4H3,(H,33,37);2*4-12,15-16,18,27-28H,13-14,17H2,1-3H3,(H,33,37)/t28-,29+;2*27-,28+/m000/s1. The highest BCUT2D eigenvalue weighted by Gasteiger charge is 2.49. The van der Waals surface area contributed by atoms with Crippen molar-refractivity contribution in [3.8, 4) is 40.2 Å². The van der Waals surface area contributed by atoms with Gasteiger partial charge in [0.05, 0.1) is 81.6 Å². The van der Waals surface area contributed by atoms with Crippen LogP contribution < -0.4 is 49.1 Å². The highest BCUT2D eigenvalue weighted by atomic mass is 35.5. The zero-order valence-electron chi connectivity index (χ0n) is 68.3. The molecule has 0 aromatic heterocycles. The van der Waals surface area contributed by atoms with E-state index in [1.54, 1.807) is 138 Å². The molecular formula is C91H93Cl4FN12O13. The predicted molar refractivity (Wildman–Crippen MR) is 463 cm³/mol. The van der Waals surface area contributed by atoms with Crippen LogP contribution in [-0.4, -0.2) is 188 Å². The van der Waals surface area contributed by atoms with Crippen molar-refractivity contribution >= 4 is 99.7 Å². The minimum Gasteiger partial charge on any atom is -0.497 e. The number of aliphatic imine (C=N–C) groups is 3. The summed E-state index contributed by atoms with van der Waals surface area (Å²) in [6.07, 6.45) is -0.452. The number of amides is 9. The van der Waals surface area contributed by atoms with Crippen molar-refractivity contribution in [2.45, 2.75) is 96.1 Å². The highest BCUT2D eigenvalue weighted by Crippen LogP contribution is 2.50. The van der Waals surface area contributed by atoms with E-state index in [-0.39, 0.29) is 67.7 Å². The lowest BCUT2D eigenvalue weighted by molar-refractivity contribution is -0.124. The zero-order chi connectivity index (χ0) is 85.9. The van der Waals surface area contributed by atoms with Crippen LogP contribution in [0.25, 0.3) is 0 Å². The molecule has 3 fully saturated rings. The minimum atomic E-state index is -0.710. The number of carbonyl (C=O) groups excluding carboxylic acids is 6. The maximum atomic E-state index is 14.6. The van der Waals surface area contributed by atoms with Crippen LogP contribution in [0.5, 0.6) is 40.2 Å². The van der Waals surface area contributed by atoms with Crippen LogP contribution in [0.4, 0.5) is 18.8 Å². The van der Waals surface area contributed by atoms with E-state index < -0.39 is 48.1 Å². The van der Waals surface area contributed by atoms with Gasteiger partial charge in [0, 0.05) is 77.6 Å². The topological polar surface area (TPSA) is 260 Å². The summed E-state index contributed by atoms with van der Waals surface area (Å²) < 4.78 is 55.0. The van der Waals surface area contributed by atoms with Crippen molar-refractivity contribution in [2.24, 2.45) is 15.0 Å². The Bertz CT molecular complexity index is 5390. The van der Waals surface area contributed by atoms with E-state index in [9.17, 15) is 33.2 Å². The van der Waals surface area contributed by atoms with E-state index in [0.29, 0.717) is 139 Å². The van der Waals surface area contributed by atoms with Gasteiger partial charge in [0.15, 0.2) is 0 Å². The highest BCUT2D eigenvalue weighted by molar-refractivity contribution is 6.31. The molecule has 0 bridgehead atoms. The lowest BCUT2D eigenvalue weighted by Gasteiger charge is -2.36. The molecule has 3 N–H and O–H groups in total. The number of benzene rings is 9. The second-order valence-electron chi connectivity index (χ2n) is 29.9. The second kappa shape index (κ2) is 39.0. The van der Waals surface area contributed by atoms with E-state index in [2.05, 4.69) is 16.0 Å². The molecule has 25 nitrogen and oxygen atoms in total. The van der Waals surface area contributed by atoms with Crippen LogP contribution in [0.15, 0.2) is 215 Å². The van der Waals surface area contributed by atoms with Crippen molar-refractivity contribution in [3.63, 3.8) is 0 Å². The Balaban J connectivity index is 0.000000157. The van der Waals surface area contributed by atoms with Gasteiger partial charge in [0.1, 0.15) is 101 Å². The molecule has 121 heavy (non-hydrogen) atoms. The number of nitrogens with zero attached hydrogens (tertiary/aromatic N) is 9. The van der Waals surface area contributed by atoms with Crippen LogP contribution in [0, 0.1) is 5.82 Å². The van der Waals surface area contributed by atoms with E-state index >= 15 is 0 Å². The Morgan fingerprint density at radius 3 is 1.02 bits per heavy atom. The number of rotatable bonds is 19. The molecule has 0 radical (unpaired) electrons. The molecule has 9 amide bonds. The number of amidine groups is 3. The summed E-state index contributed by atoms with van der Waals surface area (Å²) in [7, 11) is 6.36. The Labute approximate surface area is 721 Å². The van der Waals surface area contributed by atoms with Gasteiger partial charge in [0.2, 0.25) is 17.7 Å². The van der Waals surface area contributed by atoms with Crippen LogP contribution >= 0.6 is 46.4 Å². The maximum Gasteiger partial charge on any atom is 0.326 e.